The van der Waals surface area contributed by atoms with Crippen LogP contribution in [0.5, 0.6) is 0 Å². The maximum atomic E-state index is 12.2. The zero-order valence-electron chi connectivity index (χ0n) is 15.1. The molecule has 0 aliphatic heterocycles. The van der Waals surface area contributed by atoms with Gasteiger partial charge in [0.15, 0.2) is 6.61 Å². The SMILES string of the molecule is CCOC(=O)c1ccccc1NC(=O)COC(=O)c1cc2c(s1)CCCC2. The highest BCUT2D eigenvalue weighted by molar-refractivity contribution is 7.14. The molecule has 0 radical (unpaired) electrons. The van der Waals surface area contributed by atoms with E-state index in [-0.39, 0.29) is 12.2 Å². The van der Waals surface area contributed by atoms with Crippen molar-refractivity contribution in [1.29, 1.82) is 0 Å². The molecule has 6 nitrogen and oxygen atoms in total. The third kappa shape index (κ3) is 4.74. The van der Waals surface area contributed by atoms with Crippen molar-refractivity contribution in [2.75, 3.05) is 18.5 Å². The molecule has 1 aromatic carbocycles. The number of hydrogen-bond acceptors (Lipinski definition) is 6. The molecule has 1 N–H and O–H groups in total. The van der Waals surface area contributed by atoms with Gasteiger partial charge in [0.1, 0.15) is 4.88 Å². The van der Waals surface area contributed by atoms with Gasteiger partial charge in [0.25, 0.3) is 5.91 Å². The van der Waals surface area contributed by atoms with Gasteiger partial charge in [0, 0.05) is 4.88 Å². The number of ether oxygens (including phenoxy) is 2. The number of para-hydroxylation sites is 1. The lowest BCUT2D eigenvalue weighted by Gasteiger charge is -2.10. The molecule has 7 heteroatoms. The number of hydrogen-bond donors (Lipinski definition) is 1. The third-order valence-corrected chi connectivity index (χ3v) is 5.45. The van der Waals surface area contributed by atoms with Crippen LogP contribution in [0.4, 0.5) is 5.69 Å². The van der Waals surface area contributed by atoms with Crippen LogP contribution in [0.2, 0.25) is 0 Å². The summed E-state index contributed by atoms with van der Waals surface area (Å²) in [4.78, 5) is 38.1. The molecule has 142 valence electrons. The highest BCUT2D eigenvalue weighted by atomic mass is 32.1. The van der Waals surface area contributed by atoms with Crippen molar-refractivity contribution < 1.29 is 23.9 Å². The van der Waals surface area contributed by atoms with Crippen molar-refractivity contribution in [2.45, 2.75) is 32.6 Å². The summed E-state index contributed by atoms with van der Waals surface area (Å²) in [6, 6.07) is 8.41. The van der Waals surface area contributed by atoms with Crippen LogP contribution in [-0.2, 0) is 27.1 Å². The first-order valence-corrected chi connectivity index (χ1v) is 9.75. The molecule has 0 saturated carbocycles. The molecular formula is C20H21NO5S. The van der Waals surface area contributed by atoms with Crippen LogP contribution in [0, 0.1) is 0 Å². The summed E-state index contributed by atoms with van der Waals surface area (Å²) in [6.45, 7) is 1.53. The van der Waals surface area contributed by atoms with Gasteiger partial charge in [-0.25, -0.2) is 9.59 Å². The summed E-state index contributed by atoms with van der Waals surface area (Å²) in [7, 11) is 0. The zero-order valence-corrected chi connectivity index (χ0v) is 15.9. The number of thiophene rings is 1. The van der Waals surface area contributed by atoms with Crippen LogP contribution in [-0.4, -0.2) is 31.1 Å². The van der Waals surface area contributed by atoms with Crippen LogP contribution in [0.15, 0.2) is 30.3 Å². The van der Waals surface area contributed by atoms with Crippen LogP contribution in [0.1, 0.15) is 50.2 Å². The molecule has 0 bridgehead atoms. The van der Waals surface area contributed by atoms with Crippen molar-refractivity contribution >= 4 is 34.9 Å². The lowest BCUT2D eigenvalue weighted by molar-refractivity contribution is -0.119. The van der Waals surface area contributed by atoms with Gasteiger partial charge >= 0.3 is 11.9 Å². The van der Waals surface area contributed by atoms with Gasteiger partial charge in [-0.3, -0.25) is 4.79 Å². The lowest BCUT2D eigenvalue weighted by Crippen LogP contribution is -2.22. The number of anilines is 1. The van der Waals surface area contributed by atoms with E-state index in [4.69, 9.17) is 9.47 Å². The van der Waals surface area contributed by atoms with Crippen LogP contribution < -0.4 is 5.32 Å². The molecule has 1 amide bonds. The van der Waals surface area contributed by atoms with E-state index in [1.54, 1.807) is 31.2 Å². The molecule has 27 heavy (non-hydrogen) atoms. The largest absolute Gasteiger partial charge is 0.462 e. The molecule has 0 spiro atoms. The molecule has 0 atom stereocenters. The molecule has 0 fully saturated rings. The van der Waals surface area contributed by atoms with Gasteiger partial charge in [0.05, 0.1) is 17.9 Å². The molecular weight excluding hydrogens is 366 g/mol. The van der Waals surface area contributed by atoms with E-state index < -0.39 is 24.5 Å². The number of nitrogens with one attached hydrogen (secondary N) is 1. The summed E-state index contributed by atoms with van der Waals surface area (Å²) in [5, 5.41) is 2.59. The third-order valence-electron chi connectivity index (χ3n) is 4.23. The van der Waals surface area contributed by atoms with E-state index in [1.165, 1.54) is 21.8 Å². The normalized spacial score (nSPS) is 12.8. The van der Waals surface area contributed by atoms with Crippen molar-refractivity contribution in [2.24, 2.45) is 0 Å². The topological polar surface area (TPSA) is 81.7 Å². The fourth-order valence-corrected chi connectivity index (χ4v) is 4.11. The first-order chi connectivity index (χ1) is 13.1. The number of amides is 1. The van der Waals surface area contributed by atoms with Gasteiger partial charge in [-0.05, 0) is 56.4 Å². The van der Waals surface area contributed by atoms with E-state index in [2.05, 4.69) is 5.32 Å². The van der Waals surface area contributed by atoms with Crippen LogP contribution >= 0.6 is 11.3 Å². The van der Waals surface area contributed by atoms with Crippen molar-refractivity contribution in [3.8, 4) is 0 Å². The number of carbonyl (C=O) groups excluding carboxylic acids is 3. The molecule has 1 aliphatic carbocycles. The van der Waals surface area contributed by atoms with Gasteiger partial charge in [-0.2, -0.15) is 0 Å². The van der Waals surface area contributed by atoms with Crippen molar-refractivity contribution in [1.82, 2.24) is 0 Å². The minimum absolute atomic E-state index is 0.240. The van der Waals surface area contributed by atoms with Gasteiger partial charge in [-0.15, -0.1) is 11.3 Å². The first kappa shape index (κ1) is 19.1. The maximum absolute atomic E-state index is 12.2. The molecule has 1 heterocycles. The molecule has 0 unspecified atom stereocenters. The fraction of sp³-hybridized carbons (Fsp3) is 0.350. The van der Waals surface area contributed by atoms with E-state index in [0.717, 1.165) is 25.7 Å². The minimum Gasteiger partial charge on any atom is -0.462 e. The molecule has 0 saturated heterocycles. The second-order valence-electron chi connectivity index (χ2n) is 6.16. The fourth-order valence-electron chi connectivity index (χ4n) is 2.96. The van der Waals surface area contributed by atoms with E-state index in [0.29, 0.717) is 10.6 Å². The highest BCUT2D eigenvalue weighted by Gasteiger charge is 2.19. The quantitative estimate of drug-likeness (QED) is 0.766. The Balaban J connectivity index is 1.58. The predicted molar refractivity (Wildman–Crippen MR) is 102 cm³/mol. The van der Waals surface area contributed by atoms with E-state index in [1.807, 2.05) is 6.07 Å². The average molecular weight is 387 g/mol. The monoisotopic (exact) mass is 387 g/mol. The number of esters is 2. The standard InChI is InChI=1S/C20H21NO5S/c1-2-25-19(23)14-8-4-5-9-15(14)21-18(22)12-26-20(24)17-11-13-7-3-6-10-16(13)27-17/h4-5,8-9,11H,2-3,6-7,10,12H2,1H3,(H,21,22). The number of rotatable bonds is 6. The first-order valence-electron chi connectivity index (χ1n) is 8.93. The summed E-state index contributed by atoms with van der Waals surface area (Å²) >= 11 is 1.44. The zero-order chi connectivity index (χ0) is 19.2. The predicted octanol–water partition coefficient (Wildman–Crippen LogP) is 3.60. The van der Waals surface area contributed by atoms with Crippen LogP contribution in [0.3, 0.4) is 0 Å². The number of fused-ring (bicyclic) bond motifs is 1. The molecule has 1 aromatic heterocycles. The molecule has 2 aromatic rings. The Labute approximate surface area is 161 Å². The van der Waals surface area contributed by atoms with E-state index in [9.17, 15) is 14.4 Å². The number of aryl methyl sites for hydroxylation is 2. The molecule has 1 aliphatic rings. The Bertz CT molecular complexity index is 834. The Morgan fingerprint density at radius 3 is 2.63 bits per heavy atom. The Morgan fingerprint density at radius 2 is 1.85 bits per heavy atom. The number of benzene rings is 1. The summed E-state index contributed by atoms with van der Waals surface area (Å²) in [5.74, 6) is -1.53. The van der Waals surface area contributed by atoms with Crippen molar-refractivity contribution in [3.05, 3.63) is 51.2 Å². The summed E-state index contributed by atoms with van der Waals surface area (Å²) < 4.78 is 10.1. The second-order valence-corrected chi connectivity index (χ2v) is 7.29. The Hall–Kier alpha value is -2.67. The second kappa shape index (κ2) is 8.81. The van der Waals surface area contributed by atoms with E-state index >= 15 is 0 Å². The lowest BCUT2D eigenvalue weighted by atomic mass is 9.99. The number of carbonyl (C=O) groups is 3. The highest BCUT2D eigenvalue weighted by Crippen LogP contribution is 2.30. The maximum Gasteiger partial charge on any atom is 0.348 e. The minimum atomic E-state index is -0.519. The average Bonchev–Trinajstić information content (AvgIpc) is 3.11. The molecule has 3 rings (SSSR count). The summed E-state index contributed by atoms with van der Waals surface area (Å²) in [6.07, 6.45) is 4.27. The Kier molecular flexibility index (Phi) is 6.24. The smallest absolute Gasteiger partial charge is 0.348 e. The van der Waals surface area contributed by atoms with Gasteiger partial charge < -0.3 is 14.8 Å². The van der Waals surface area contributed by atoms with Gasteiger partial charge in [0.2, 0.25) is 0 Å². The summed E-state index contributed by atoms with van der Waals surface area (Å²) in [5.41, 5.74) is 1.79. The van der Waals surface area contributed by atoms with Crippen molar-refractivity contribution in [3.63, 3.8) is 0 Å². The van der Waals surface area contributed by atoms with Crippen LogP contribution in [0.25, 0.3) is 0 Å². The van der Waals surface area contributed by atoms with Gasteiger partial charge in [-0.1, -0.05) is 12.1 Å². The Morgan fingerprint density at radius 1 is 1.07 bits per heavy atom.